The molecule has 2 heterocycles. The monoisotopic (exact) mass is 356 g/mol. The van der Waals surface area contributed by atoms with Gasteiger partial charge in [0.1, 0.15) is 0 Å². The molecule has 0 bridgehead atoms. The van der Waals surface area contributed by atoms with Crippen LogP contribution in [0.3, 0.4) is 0 Å². The van der Waals surface area contributed by atoms with Crippen molar-refractivity contribution in [2.45, 2.75) is 57.4 Å². The van der Waals surface area contributed by atoms with Crippen molar-refractivity contribution in [2.75, 3.05) is 24.6 Å². The molecule has 136 valence electrons. The van der Waals surface area contributed by atoms with Gasteiger partial charge in [-0.15, -0.1) is 0 Å². The van der Waals surface area contributed by atoms with Crippen molar-refractivity contribution in [1.82, 2.24) is 10.2 Å². The molecule has 0 spiro atoms. The lowest BCUT2D eigenvalue weighted by atomic mass is 9.80. The summed E-state index contributed by atoms with van der Waals surface area (Å²) in [4.78, 5) is 26.9. The van der Waals surface area contributed by atoms with Crippen molar-refractivity contribution in [3.8, 4) is 0 Å². The molecule has 0 aromatic carbocycles. The lowest BCUT2D eigenvalue weighted by Crippen LogP contribution is -2.43. The highest BCUT2D eigenvalue weighted by molar-refractivity contribution is 7.91. The highest BCUT2D eigenvalue weighted by atomic mass is 32.2. The van der Waals surface area contributed by atoms with Gasteiger partial charge in [-0.1, -0.05) is 0 Å². The van der Waals surface area contributed by atoms with Crippen LogP contribution >= 0.6 is 0 Å². The van der Waals surface area contributed by atoms with Gasteiger partial charge >= 0.3 is 0 Å². The molecular weight excluding hydrogens is 328 g/mol. The number of nitrogens with zero attached hydrogens (tertiary/aromatic N) is 1. The minimum atomic E-state index is -2.97. The summed E-state index contributed by atoms with van der Waals surface area (Å²) in [5.74, 6) is 0.491. The third-order valence-corrected chi connectivity index (χ3v) is 7.46. The minimum absolute atomic E-state index is 0.0269. The molecule has 2 amide bonds. The molecule has 2 aliphatic heterocycles. The molecule has 0 aromatic rings. The highest BCUT2D eigenvalue weighted by Crippen LogP contribution is 2.31. The summed E-state index contributed by atoms with van der Waals surface area (Å²) in [7, 11) is -2.97. The first kappa shape index (κ1) is 17.7. The first-order chi connectivity index (χ1) is 11.4. The summed E-state index contributed by atoms with van der Waals surface area (Å²) in [5.41, 5.74) is 0. The predicted octanol–water partition coefficient (Wildman–Crippen LogP) is 1.11. The van der Waals surface area contributed by atoms with Crippen LogP contribution in [-0.2, 0) is 19.4 Å². The van der Waals surface area contributed by atoms with Gasteiger partial charge in [0.15, 0.2) is 9.84 Å². The molecule has 3 rings (SSSR count). The van der Waals surface area contributed by atoms with Gasteiger partial charge in [0.2, 0.25) is 11.8 Å². The molecule has 0 aromatic heterocycles. The Bertz CT molecular complexity index is 575. The number of likely N-dealkylation sites (tertiary alicyclic amines) is 1. The van der Waals surface area contributed by atoms with E-state index < -0.39 is 9.84 Å². The molecular formula is C17H28N2O4S. The molecule has 1 N–H and O–H groups in total. The first-order valence-electron chi connectivity index (χ1n) is 9.24. The molecule has 3 aliphatic rings. The fourth-order valence-corrected chi connectivity index (χ4v) is 5.88. The van der Waals surface area contributed by atoms with Gasteiger partial charge < -0.3 is 10.2 Å². The van der Waals surface area contributed by atoms with Crippen LogP contribution in [0.1, 0.15) is 51.4 Å². The van der Waals surface area contributed by atoms with Crippen molar-refractivity contribution in [3.63, 3.8) is 0 Å². The molecule has 3 fully saturated rings. The lowest BCUT2D eigenvalue weighted by molar-refractivity contribution is -0.139. The zero-order chi connectivity index (χ0) is 17.2. The van der Waals surface area contributed by atoms with Crippen LogP contribution < -0.4 is 5.32 Å². The SMILES string of the molecule is O=C(NC1CCS(=O)(=O)C1)C1CCC(C(=O)N2CCCCC2)CC1. The van der Waals surface area contributed by atoms with Crippen LogP contribution in [0.5, 0.6) is 0 Å². The van der Waals surface area contributed by atoms with Crippen LogP contribution in [0.15, 0.2) is 0 Å². The summed E-state index contributed by atoms with van der Waals surface area (Å²) in [6, 6.07) is -0.227. The lowest BCUT2D eigenvalue weighted by Gasteiger charge is -2.33. The Labute approximate surface area is 144 Å². The van der Waals surface area contributed by atoms with E-state index in [9.17, 15) is 18.0 Å². The third-order valence-electron chi connectivity index (χ3n) is 5.69. The highest BCUT2D eigenvalue weighted by Gasteiger charge is 2.35. The zero-order valence-corrected chi connectivity index (χ0v) is 15.0. The maximum Gasteiger partial charge on any atom is 0.225 e. The van der Waals surface area contributed by atoms with E-state index >= 15 is 0 Å². The van der Waals surface area contributed by atoms with Crippen LogP contribution in [0, 0.1) is 11.8 Å². The van der Waals surface area contributed by atoms with Crippen LogP contribution in [0.25, 0.3) is 0 Å². The number of carbonyl (C=O) groups is 2. The second-order valence-electron chi connectivity index (χ2n) is 7.54. The summed E-state index contributed by atoms with van der Waals surface area (Å²) in [6.45, 7) is 1.77. The number of carbonyl (C=O) groups excluding carboxylic acids is 2. The Morgan fingerprint density at radius 1 is 0.875 bits per heavy atom. The number of nitrogens with one attached hydrogen (secondary N) is 1. The molecule has 1 unspecified atom stereocenters. The number of hydrogen-bond donors (Lipinski definition) is 1. The van der Waals surface area contributed by atoms with E-state index in [0.717, 1.165) is 51.6 Å². The largest absolute Gasteiger partial charge is 0.352 e. The van der Waals surface area contributed by atoms with Crippen molar-refractivity contribution >= 4 is 21.7 Å². The van der Waals surface area contributed by atoms with Crippen LogP contribution in [-0.4, -0.2) is 55.8 Å². The van der Waals surface area contributed by atoms with E-state index in [0.29, 0.717) is 6.42 Å². The number of hydrogen-bond acceptors (Lipinski definition) is 4. The summed E-state index contributed by atoms with van der Waals surface area (Å²) >= 11 is 0. The van der Waals surface area contributed by atoms with Crippen molar-refractivity contribution in [3.05, 3.63) is 0 Å². The van der Waals surface area contributed by atoms with E-state index in [1.165, 1.54) is 6.42 Å². The normalized spacial score (nSPS) is 33.2. The Balaban J connectivity index is 1.44. The Morgan fingerprint density at radius 3 is 2.08 bits per heavy atom. The number of sulfone groups is 1. The van der Waals surface area contributed by atoms with E-state index in [1.54, 1.807) is 0 Å². The van der Waals surface area contributed by atoms with Gasteiger partial charge in [0, 0.05) is 31.0 Å². The average molecular weight is 356 g/mol. The minimum Gasteiger partial charge on any atom is -0.352 e. The van der Waals surface area contributed by atoms with Gasteiger partial charge in [-0.25, -0.2) is 8.42 Å². The standard InChI is InChI=1S/C17H28N2O4S/c20-16(18-15-8-11-24(22,23)12-15)13-4-6-14(7-5-13)17(21)19-9-2-1-3-10-19/h13-15H,1-12H2,(H,18,20). The molecule has 1 atom stereocenters. The molecule has 0 radical (unpaired) electrons. The Kier molecular flexibility index (Phi) is 5.47. The van der Waals surface area contributed by atoms with Gasteiger partial charge in [0.25, 0.3) is 0 Å². The molecule has 2 saturated heterocycles. The molecule has 6 nitrogen and oxygen atoms in total. The third kappa shape index (κ3) is 4.29. The zero-order valence-electron chi connectivity index (χ0n) is 14.2. The fourth-order valence-electron chi connectivity index (χ4n) is 4.20. The first-order valence-corrected chi connectivity index (χ1v) is 11.1. The average Bonchev–Trinajstić information content (AvgIpc) is 2.93. The van der Waals surface area contributed by atoms with Gasteiger partial charge in [-0.05, 0) is 51.4 Å². The van der Waals surface area contributed by atoms with Crippen LogP contribution in [0.2, 0.25) is 0 Å². The molecule has 24 heavy (non-hydrogen) atoms. The number of amides is 2. The second kappa shape index (κ2) is 7.42. The Morgan fingerprint density at radius 2 is 1.50 bits per heavy atom. The van der Waals surface area contributed by atoms with E-state index in [2.05, 4.69) is 5.32 Å². The van der Waals surface area contributed by atoms with Crippen molar-refractivity contribution in [2.24, 2.45) is 11.8 Å². The van der Waals surface area contributed by atoms with Crippen molar-refractivity contribution < 1.29 is 18.0 Å². The fraction of sp³-hybridized carbons (Fsp3) is 0.882. The van der Waals surface area contributed by atoms with Crippen LogP contribution in [0.4, 0.5) is 0 Å². The van der Waals surface area contributed by atoms with Crippen molar-refractivity contribution in [1.29, 1.82) is 0 Å². The predicted molar refractivity (Wildman–Crippen MR) is 91.1 cm³/mol. The summed E-state index contributed by atoms with van der Waals surface area (Å²) in [6.07, 6.45) is 6.96. The maximum absolute atomic E-state index is 12.5. The van der Waals surface area contributed by atoms with Gasteiger partial charge in [-0.3, -0.25) is 9.59 Å². The quantitative estimate of drug-likeness (QED) is 0.821. The number of piperidine rings is 1. The van der Waals surface area contributed by atoms with Gasteiger partial charge in [-0.2, -0.15) is 0 Å². The second-order valence-corrected chi connectivity index (χ2v) is 9.77. The molecule has 1 saturated carbocycles. The summed E-state index contributed by atoms with van der Waals surface area (Å²) in [5, 5.41) is 2.90. The maximum atomic E-state index is 12.5. The smallest absolute Gasteiger partial charge is 0.225 e. The number of rotatable bonds is 3. The van der Waals surface area contributed by atoms with Gasteiger partial charge in [0.05, 0.1) is 11.5 Å². The van der Waals surface area contributed by atoms with E-state index in [-0.39, 0.29) is 41.2 Å². The van der Waals surface area contributed by atoms with E-state index in [1.807, 2.05) is 4.90 Å². The molecule has 7 heteroatoms. The summed E-state index contributed by atoms with van der Waals surface area (Å²) < 4.78 is 22.9. The topological polar surface area (TPSA) is 83.5 Å². The Hall–Kier alpha value is -1.11. The van der Waals surface area contributed by atoms with E-state index in [4.69, 9.17) is 0 Å². The molecule has 1 aliphatic carbocycles.